The van der Waals surface area contributed by atoms with E-state index in [2.05, 4.69) is 34.8 Å². The van der Waals surface area contributed by atoms with Crippen molar-refractivity contribution >= 4 is 0 Å². The van der Waals surface area contributed by atoms with Crippen molar-refractivity contribution in [2.24, 2.45) is 5.92 Å². The molecule has 22 heavy (non-hydrogen) atoms. The molecule has 2 aromatic rings. The molecule has 1 fully saturated rings. The Morgan fingerprint density at radius 1 is 1.14 bits per heavy atom. The summed E-state index contributed by atoms with van der Waals surface area (Å²) in [6.45, 7) is 2.16. The van der Waals surface area contributed by atoms with Crippen molar-refractivity contribution in [3.05, 3.63) is 51.4 Å². The molecular weight excluding hydrogens is 278 g/mol. The molecule has 1 aliphatic rings. The molecule has 0 atom stereocenters. The lowest BCUT2D eigenvalue weighted by Crippen LogP contribution is -2.00. The Balaban J connectivity index is 1.58. The van der Waals surface area contributed by atoms with Crippen molar-refractivity contribution in [1.29, 1.82) is 0 Å². The maximum absolute atomic E-state index is 10.8. The van der Waals surface area contributed by atoms with Crippen molar-refractivity contribution in [3.63, 3.8) is 0 Å². The Bertz CT molecular complexity index is 665. The number of hydrogen-bond donors (Lipinski definition) is 0. The molecule has 1 aliphatic carbocycles. The van der Waals surface area contributed by atoms with Crippen LogP contribution < -0.4 is 5.82 Å². The van der Waals surface area contributed by atoms with Crippen molar-refractivity contribution in [2.75, 3.05) is 0 Å². The van der Waals surface area contributed by atoms with Crippen LogP contribution in [0.5, 0.6) is 0 Å². The fraction of sp³-hybridized carbons (Fsp3) is 0.556. The third-order valence-corrected chi connectivity index (χ3v) is 4.48. The first-order chi connectivity index (χ1) is 10.7. The summed E-state index contributed by atoms with van der Waals surface area (Å²) in [4.78, 5) is 10.8. The van der Waals surface area contributed by atoms with Gasteiger partial charge in [-0.3, -0.25) is 4.52 Å². The Morgan fingerprint density at radius 3 is 2.64 bits per heavy atom. The van der Waals surface area contributed by atoms with Crippen LogP contribution in [0.1, 0.15) is 54.7 Å². The van der Waals surface area contributed by atoms with Gasteiger partial charge in [0.2, 0.25) is 5.89 Å². The quantitative estimate of drug-likeness (QED) is 0.813. The van der Waals surface area contributed by atoms with Crippen LogP contribution in [0, 0.1) is 12.8 Å². The summed E-state index contributed by atoms with van der Waals surface area (Å²) in [5.41, 5.74) is 4.16. The van der Waals surface area contributed by atoms with Gasteiger partial charge < -0.3 is 4.42 Å². The number of aryl methyl sites for hydroxylation is 3. The minimum Gasteiger partial charge on any atom is -0.375 e. The second kappa shape index (κ2) is 6.95. The molecule has 1 heterocycles. The number of rotatable bonds is 6. The van der Waals surface area contributed by atoms with E-state index in [-0.39, 0.29) is 0 Å². The van der Waals surface area contributed by atoms with Gasteiger partial charge in [0, 0.05) is 6.42 Å². The lowest BCUT2D eigenvalue weighted by Gasteiger charge is -2.11. The van der Waals surface area contributed by atoms with Crippen LogP contribution in [0.15, 0.2) is 31.9 Å². The highest BCUT2D eigenvalue weighted by molar-refractivity contribution is 5.30. The first-order valence-electron chi connectivity index (χ1n) is 8.24. The van der Waals surface area contributed by atoms with Crippen molar-refractivity contribution in [2.45, 2.75) is 58.3 Å². The minimum atomic E-state index is -0.718. The molecule has 0 radical (unpaired) electrons. The van der Waals surface area contributed by atoms with Crippen LogP contribution in [0.2, 0.25) is 0 Å². The van der Waals surface area contributed by atoms with E-state index in [4.69, 9.17) is 4.42 Å². The predicted molar refractivity (Wildman–Crippen MR) is 83.9 cm³/mol. The largest absolute Gasteiger partial charge is 0.542 e. The average molecular weight is 301 g/mol. The summed E-state index contributed by atoms with van der Waals surface area (Å²) in [6.07, 6.45) is 9.28. The van der Waals surface area contributed by atoms with Crippen LogP contribution >= 0.6 is 0 Å². The van der Waals surface area contributed by atoms with Gasteiger partial charge in [-0.1, -0.05) is 49.4 Å². The van der Waals surface area contributed by atoms with Gasteiger partial charge in [0.1, 0.15) is 0 Å². The van der Waals surface area contributed by atoms with E-state index in [0.717, 1.165) is 18.8 Å². The first kappa shape index (κ1) is 15.1. The normalized spacial score (nSPS) is 15.5. The summed E-state index contributed by atoms with van der Waals surface area (Å²) < 4.78 is 9.23. The molecule has 1 aromatic heterocycles. The van der Waals surface area contributed by atoms with Crippen LogP contribution in [-0.2, 0) is 19.3 Å². The number of benzene rings is 1. The summed E-state index contributed by atoms with van der Waals surface area (Å²) in [5, 5.41) is 3.60. The highest BCUT2D eigenvalue weighted by atomic mass is 16.6. The van der Waals surface area contributed by atoms with E-state index >= 15 is 0 Å². The second-order valence-corrected chi connectivity index (χ2v) is 6.46. The van der Waals surface area contributed by atoms with Crippen LogP contribution in [-0.4, -0.2) is 5.16 Å². The molecule has 0 unspecified atom stereocenters. The molecule has 0 spiro atoms. The van der Waals surface area contributed by atoms with Gasteiger partial charge in [-0.2, -0.15) is 0 Å². The average Bonchev–Trinajstić information content (AvgIpc) is 3.10. The highest BCUT2D eigenvalue weighted by Crippen LogP contribution is 2.28. The molecule has 0 amide bonds. The van der Waals surface area contributed by atoms with Gasteiger partial charge in [0.25, 0.3) is 0 Å². The highest BCUT2D eigenvalue weighted by Gasteiger charge is 2.15. The molecule has 0 aliphatic heterocycles. The zero-order valence-corrected chi connectivity index (χ0v) is 13.1. The Kier molecular flexibility index (Phi) is 4.76. The SMILES string of the molecule is Cc1cc(CCCc2noc(=O)o2)cc(CC2CCCC2)c1. The van der Waals surface area contributed by atoms with E-state index < -0.39 is 5.82 Å². The molecular formula is C18H23NO3. The molecule has 0 N–H and O–H groups in total. The maximum Gasteiger partial charge on any atom is 0.542 e. The first-order valence-corrected chi connectivity index (χ1v) is 8.24. The van der Waals surface area contributed by atoms with E-state index in [1.807, 2.05) is 0 Å². The summed E-state index contributed by atoms with van der Waals surface area (Å²) in [7, 11) is 0. The van der Waals surface area contributed by atoms with Crippen LogP contribution in [0.3, 0.4) is 0 Å². The van der Waals surface area contributed by atoms with Gasteiger partial charge >= 0.3 is 5.82 Å². The van der Waals surface area contributed by atoms with Gasteiger partial charge in [0.15, 0.2) is 0 Å². The molecule has 0 saturated heterocycles. The lowest BCUT2D eigenvalue weighted by molar-refractivity contribution is 0.334. The molecule has 0 bridgehead atoms. The molecule has 3 rings (SSSR count). The fourth-order valence-corrected chi connectivity index (χ4v) is 3.52. The predicted octanol–water partition coefficient (Wildman–Crippen LogP) is 3.84. The third kappa shape index (κ3) is 4.09. The Hall–Kier alpha value is -1.84. The maximum atomic E-state index is 10.8. The van der Waals surface area contributed by atoms with Gasteiger partial charge in [-0.15, -0.1) is 0 Å². The van der Waals surface area contributed by atoms with Crippen molar-refractivity contribution in [3.8, 4) is 0 Å². The molecule has 4 nitrogen and oxygen atoms in total. The van der Waals surface area contributed by atoms with Gasteiger partial charge in [-0.25, -0.2) is 4.79 Å². The number of aromatic nitrogens is 1. The van der Waals surface area contributed by atoms with Crippen molar-refractivity contribution < 1.29 is 8.94 Å². The van der Waals surface area contributed by atoms with E-state index in [1.54, 1.807) is 0 Å². The summed E-state index contributed by atoms with van der Waals surface area (Å²) >= 11 is 0. The minimum absolute atomic E-state index is 0.392. The molecule has 1 aromatic carbocycles. The Labute approximate surface area is 130 Å². The van der Waals surface area contributed by atoms with Gasteiger partial charge in [0.05, 0.1) is 0 Å². The second-order valence-electron chi connectivity index (χ2n) is 6.46. The molecule has 4 heteroatoms. The summed E-state index contributed by atoms with van der Waals surface area (Å²) in [5.74, 6) is 0.548. The standard InChI is InChI=1S/C18H23NO3/c1-13-9-15(7-4-8-17-19-22-18(20)21-17)12-16(10-13)11-14-5-2-3-6-14/h9-10,12,14H,2-8,11H2,1H3. The topological polar surface area (TPSA) is 56.2 Å². The van der Waals surface area contributed by atoms with Crippen LogP contribution in [0.25, 0.3) is 0 Å². The number of nitrogens with zero attached hydrogens (tertiary/aromatic N) is 1. The van der Waals surface area contributed by atoms with E-state index in [1.165, 1.54) is 48.8 Å². The molecule has 118 valence electrons. The third-order valence-electron chi connectivity index (χ3n) is 4.48. The fourth-order valence-electron chi connectivity index (χ4n) is 3.52. The smallest absolute Gasteiger partial charge is 0.375 e. The summed E-state index contributed by atoms with van der Waals surface area (Å²) in [6, 6.07) is 6.90. The lowest BCUT2D eigenvalue weighted by atomic mass is 9.94. The van der Waals surface area contributed by atoms with E-state index in [0.29, 0.717) is 12.3 Å². The zero-order valence-electron chi connectivity index (χ0n) is 13.1. The molecule has 1 saturated carbocycles. The van der Waals surface area contributed by atoms with Crippen LogP contribution in [0.4, 0.5) is 0 Å². The van der Waals surface area contributed by atoms with Gasteiger partial charge in [-0.05, 0) is 48.4 Å². The monoisotopic (exact) mass is 301 g/mol. The number of hydrogen-bond acceptors (Lipinski definition) is 4. The van der Waals surface area contributed by atoms with E-state index in [9.17, 15) is 4.79 Å². The van der Waals surface area contributed by atoms with Crippen molar-refractivity contribution in [1.82, 2.24) is 5.16 Å². The zero-order chi connectivity index (χ0) is 15.4. The Morgan fingerprint density at radius 2 is 1.91 bits per heavy atom.